The Kier molecular flexibility index (Phi) is 5.83. The third kappa shape index (κ3) is 4.73. The molecule has 2 atom stereocenters. The van der Waals surface area contributed by atoms with E-state index in [0.717, 1.165) is 25.7 Å². The summed E-state index contributed by atoms with van der Waals surface area (Å²) < 4.78 is 15.5. The largest absolute Gasteiger partial charge is 0.381 e. The molecule has 0 aromatic carbocycles. The molecule has 1 rings (SSSR count). The van der Waals surface area contributed by atoms with Crippen LogP contribution in [0.4, 0.5) is 0 Å². The lowest BCUT2D eigenvalue weighted by Gasteiger charge is -2.27. The Morgan fingerprint density at radius 3 is 2.60 bits per heavy atom. The molecule has 0 heterocycles. The third-order valence-corrected chi connectivity index (χ3v) is 2.70. The minimum atomic E-state index is -0.00274. The number of carbonyl (C=O) groups excluding carboxylic acids is 1. The van der Waals surface area contributed by atoms with Crippen LogP contribution in [0.2, 0.25) is 0 Å². The van der Waals surface area contributed by atoms with E-state index in [2.05, 4.69) is 0 Å². The van der Waals surface area contributed by atoms with Gasteiger partial charge in [-0.2, -0.15) is 0 Å². The van der Waals surface area contributed by atoms with Crippen LogP contribution in [0.15, 0.2) is 0 Å². The van der Waals surface area contributed by atoms with E-state index in [9.17, 15) is 4.79 Å². The molecule has 4 heteroatoms. The molecule has 1 saturated carbocycles. The maximum absolute atomic E-state index is 11.2. The molecular weight excluding hydrogens is 196 g/mol. The summed E-state index contributed by atoms with van der Waals surface area (Å²) in [7, 11) is 3.24. The second-order valence-electron chi connectivity index (χ2n) is 3.93. The van der Waals surface area contributed by atoms with Gasteiger partial charge in [-0.1, -0.05) is 0 Å². The fraction of sp³-hybridized carbons (Fsp3) is 0.909. The molecule has 0 radical (unpaired) electrons. The van der Waals surface area contributed by atoms with Crippen molar-refractivity contribution in [2.75, 3.05) is 27.4 Å². The molecular formula is C11H20O4. The lowest BCUT2D eigenvalue weighted by Crippen LogP contribution is -2.29. The molecule has 0 saturated heterocycles. The van der Waals surface area contributed by atoms with Crippen molar-refractivity contribution in [3.63, 3.8) is 0 Å². The Balaban J connectivity index is 2.17. The van der Waals surface area contributed by atoms with Crippen molar-refractivity contribution >= 4 is 5.78 Å². The minimum absolute atomic E-state index is 0.00274. The van der Waals surface area contributed by atoms with Gasteiger partial charge in [0.1, 0.15) is 13.2 Å². The third-order valence-electron chi connectivity index (χ3n) is 2.70. The van der Waals surface area contributed by atoms with Crippen molar-refractivity contribution in [3.05, 3.63) is 0 Å². The molecule has 0 N–H and O–H groups in total. The van der Waals surface area contributed by atoms with Gasteiger partial charge in [0.25, 0.3) is 0 Å². The number of methoxy groups -OCH3 is 2. The molecule has 15 heavy (non-hydrogen) atoms. The monoisotopic (exact) mass is 216 g/mol. The summed E-state index contributed by atoms with van der Waals surface area (Å²) in [6.45, 7) is 0.301. The number of Topliss-reactive ketones (excluding diaryl/α,β-unsaturated/α-hetero) is 1. The number of ketones is 1. The SMILES string of the molecule is COCC(=O)COC1CCCC(OC)C1. The number of rotatable bonds is 6. The van der Waals surface area contributed by atoms with Gasteiger partial charge in [0, 0.05) is 14.2 Å². The van der Waals surface area contributed by atoms with Gasteiger partial charge in [0.15, 0.2) is 5.78 Å². The Morgan fingerprint density at radius 2 is 1.93 bits per heavy atom. The molecule has 0 aromatic heterocycles. The molecule has 0 spiro atoms. The zero-order valence-electron chi connectivity index (χ0n) is 9.53. The van der Waals surface area contributed by atoms with E-state index in [1.54, 1.807) is 7.11 Å². The molecule has 4 nitrogen and oxygen atoms in total. The molecule has 0 aliphatic heterocycles. The zero-order valence-corrected chi connectivity index (χ0v) is 9.53. The first-order valence-electron chi connectivity index (χ1n) is 5.41. The van der Waals surface area contributed by atoms with Crippen LogP contribution in [0.25, 0.3) is 0 Å². The minimum Gasteiger partial charge on any atom is -0.381 e. The standard InChI is InChI=1S/C11H20O4/c1-13-7-9(12)8-15-11-5-3-4-10(6-11)14-2/h10-11H,3-8H2,1-2H3. The Morgan fingerprint density at radius 1 is 1.20 bits per heavy atom. The normalized spacial score (nSPS) is 26.5. The van der Waals surface area contributed by atoms with E-state index in [0.29, 0.717) is 6.10 Å². The van der Waals surface area contributed by atoms with Gasteiger partial charge >= 0.3 is 0 Å². The molecule has 2 unspecified atom stereocenters. The van der Waals surface area contributed by atoms with Crippen molar-refractivity contribution in [2.45, 2.75) is 37.9 Å². The van der Waals surface area contributed by atoms with Gasteiger partial charge in [0.2, 0.25) is 0 Å². The molecule has 1 fully saturated rings. The average Bonchev–Trinajstić information content (AvgIpc) is 2.27. The Hall–Kier alpha value is -0.450. The first-order chi connectivity index (χ1) is 7.26. The smallest absolute Gasteiger partial charge is 0.183 e. The number of hydrogen-bond donors (Lipinski definition) is 0. The maximum Gasteiger partial charge on any atom is 0.183 e. The highest BCUT2D eigenvalue weighted by Gasteiger charge is 2.22. The van der Waals surface area contributed by atoms with Crippen LogP contribution >= 0.6 is 0 Å². The second kappa shape index (κ2) is 6.93. The van der Waals surface area contributed by atoms with Gasteiger partial charge in [-0.25, -0.2) is 0 Å². The summed E-state index contributed by atoms with van der Waals surface area (Å²) in [6.07, 6.45) is 4.60. The fourth-order valence-electron chi connectivity index (χ4n) is 1.88. The molecule has 0 amide bonds. The molecule has 1 aliphatic rings. The average molecular weight is 216 g/mol. The van der Waals surface area contributed by atoms with E-state index in [1.165, 1.54) is 7.11 Å². The van der Waals surface area contributed by atoms with E-state index < -0.39 is 0 Å². The lowest BCUT2D eigenvalue weighted by molar-refractivity contribution is -0.131. The summed E-state index contributed by atoms with van der Waals surface area (Å²) in [4.78, 5) is 11.2. The predicted octanol–water partition coefficient (Wildman–Crippen LogP) is 1.18. The van der Waals surface area contributed by atoms with Crippen LogP contribution in [-0.4, -0.2) is 45.4 Å². The number of carbonyl (C=O) groups is 1. The van der Waals surface area contributed by atoms with Gasteiger partial charge in [-0.15, -0.1) is 0 Å². The first kappa shape index (κ1) is 12.6. The van der Waals surface area contributed by atoms with E-state index >= 15 is 0 Å². The van der Waals surface area contributed by atoms with Crippen molar-refractivity contribution in [1.82, 2.24) is 0 Å². The molecule has 88 valence electrons. The van der Waals surface area contributed by atoms with Crippen molar-refractivity contribution in [3.8, 4) is 0 Å². The number of hydrogen-bond acceptors (Lipinski definition) is 4. The van der Waals surface area contributed by atoms with Crippen molar-refractivity contribution in [1.29, 1.82) is 0 Å². The maximum atomic E-state index is 11.2. The van der Waals surface area contributed by atoms with Crippen LogP contribution in [0.1, 0.15) is 25.7 Å². The van der Waals surface area contributed by atoms with Crippen LogP contribution in [0.5, 0.6) is 0 Å². The zero-order chi connectivity index (χ0) is 11.1. The molecule has 0 bridgehead atoms. The summed E-state index contributed by atoms with van der Waals surface area (Å²) in [5.74, 6) is -0.00274. The van der Waals surface area contributed by atoms with Crippen LogP contribution < -0.4 is 0 Å². The summed E-state index contributed by atoms with van der Waals surface area (Å²) in [5, 5.41) is 0. The van der Waals surface area contributed by atoms with Crippen LogP contribution in [0, 0.1) is 0 Å². The quantitative estimate of drug-likeness (QED) is 0.668. The Bertz CT molecular complexity index is 193. The summed E-state index contributed by atoms with van der Waals surface area (Å²) in [6, 6.07) is 0. The van der Waals surface area contributed by atoms with E-state index in [4.69, 9.17) is 14.2 Å². The topological polar surface area (TPSA) is 44.8 Å². The van der Waals surface area contributed by atoms with Crippen LogP contribution in [0.3, 0.4) is 0 Å². The predicted molar refractivity (Wildman–Crippen MR) is 55.9 cm³/mol. The summed E-state index contributed by atoms with van der Waals surface area (Å²) in [5.41, 5.74) is 0. The van der Waals surface area contributed by atoms with Gasteiger partial charge < -0.3 is 14.2 Å². The van der Waals surface area contributed by atoms with Gasteiger partial charge in [-0.3, -0.25) is 4.79 Å². The van der Waals surface area contributed by atoms with Crippen LogP contribution in [-0.2, 0) is 19.0 Å². The van der Waals surface area contributed by atoms with Crippen molar-refractivity contribution < 1.29 is 19.0 Å². The van der Waals surface area contributed by atoms with Gasteiger partial charge in [0.05, 0.1) is 12.2 Å². The summed E-state index contributed by atoms with van der Waals surface area (Å²) >= 11 is 0. The highest BCUT2D eigenvalue weighted by Crippen LogP contribution is 2.22. The fourth-order valence-corrected chi connectivity index (χ4v) is 1.88. The van der Waals surface area contributed by atoms with E-state index in [-0.39, 0.29) is 25.1 Å². The van der Waals surface area contributed by atoms with E-state index in [1.807, 2.05) is 0 Å². The van der Waals surface area contributed by atoms with Gasteiger partial charge in [-0.05, 0) is 25.7 Å². The van der Waals surface area contributed by atoms with Crippen molar-refractivity contribution in [2.24, 2.45) is 0 Å². The lowest BCUT2D eigenvalue weighted by atomic mass is 9.95. The Labute approximate surface area is 90.9 Å². The molecule has 1 aliphatic carbocycles. The number of ether oxygens (including phenoxy) is 3. The second-order valence-corrected chi connectivity index (χ2v) is 3.93. The highest BCUT2D eigenvalue weighted by molar-refractivity contribution is 5.80. The molecule has 0 aromatic rings. The highest BCUT2D eigenvalue weighted by atomic mass is 16.5. The first-order valence-corrected chi connectivity index (χ1v) is 5.41.